The molecule has 0 saturated carbocycles. The molecule has 3 rings (SSSR count). The van der Waals surface area contributed by atoms with Crippen LogP contribution in [0.25, 0.3) is 0 Å². The van der Waals surface area contributed by atoms with Crippen molar-refractivity contribution in [3.63, 3.8) is 0 Å². The van der Waals surface area contributed by atoms with E-state index in [2.05, 4.69) is 16.7 Å². The van der Waals surface area contributed by atoms with Crippen molar-refractivity contribution in [2.24, 2.45) is 5.92 Å². The lowest BCUT2D eigenvalue weighted by molar-refractivity contribution is -0.121. The van der Waals surface area contributed by atoms with Crippen LogP contribution in [-0.4, -0.2) is 44.1 Å². The van der Waals surface area contributed by atoms with E-state index in [1.807, 2.05) is 32.0 Å². The monoisotopic (exact) mass is 425 g/mol. The van der Waals surface area contributed by atoms with Gasteiger partial charge in [0.25, 0.3) is 0 Å². The number of nitrogens with zero attached hydrogens (tertiary/aromatic N) is 1. The van der Waals surface area contributed by atoms with Gasteiger partial charge in [0, 0.05) is 19.2 Å². The van der Waals surface area contributed by atoms with Crippen LogP contribution in [0.5, 0.6) is 11.5 Å². The van der Waals surface area contributed by atoms with Gasteiger partial charge >= 0.3 is 6.03 Å². The van der Waals surface area contributed by atoms with E-state index in [9.17, 15) is 9.59 Å². The Morgan fingerprint density at radius 2 is 1.90 bits per heavy atom. The first-order valence-electron chi connectivity index (χ1n) is 10.6. The summed E-state index contributed by atoms with van der Waals surface area (Å²) in [5.41, 5.74) is 2.83. The van der Waals surface area contributed by atoms with Gasteiger partial charge in [-0.2, -0.15) is 0 Å². The van der Waals surface area contributed by atoms with Crippen molar-refractivity contribution in [1.82, 2.24) is 10.2 Å². The molecule has 0 bridgehead atoms. The fourth-order valence-electron chi connectivity index (χ4n) is 4.02. The number of urea groups is 1. The lowest BCUT2D eigenvalue weighted by Crippen LogP contribution is -2.49. The van der Waals surface area contributed by atoms with Crippen molar-refractivity contribution in [3.05, 3.63) is 53.6 Å². The standard InChI is InChI=1S/C24H31N3O4/c1-5-25-24(29)27-15-18(9-12-21(27)17-8-6-7-16(2)13-17)23(28)26-20-11-10-19(30-3)14-22(20)31-4/h6-8,10-11,13-14,18,21H,5,9,12,15H2,1-4H3,(H,25,29)(H,26,28). The highest BCUT2D eigenvalue weighted by Gasteiger charge is 2.35. The number of rotatable bonds is 6. The highest BCUT2D eigenvalue weighted by atomic mass is 16.5. The lowest BCUT2D eigenvalue weighted by Gasteiger charge is -2.39. The smallest absolute Gasteiger partial charge is 0.317 e. The third-order valence-electron chi connectivity index (χ3n) is 5.63. The van der Waals surface area contributed by atoms with Crippen LogP contribution in [0.3, 0.4) is 0 Å². The average molecular weight is 426 g/mol. The van der Waals surface area contributed by atoms with E-state index in [1.54, 1.807) is 37.3 Å². The molecule has 1 aliphatic rings. The molecule has 0 radical (unpaired) electrons. The molecule has 1 saturated heterocycles. The minimum absolute atomic E-state index is 0.0500. The predicted octanol–water partition coefficient (Wildman–Crippen LogP) is 4.13. The summed E-state index contributed by atoms with van der Waals surface area (Å²) in [5.74, 6) is 0.744. The fraction of sp³-hybridized carbons (Fsp3) is 0.417. The Kier molecular flexibility index (Phi) is 7.39. The van der Waals surface area contributed by atoms with E-state index in [0.717, 1.165) is 17.5 Å². The number of methoxy groups -OCH3 is 2. The van der Waals surface area contributed by atoms with Crippen molar-refractivity contribution >= 4 is 17.6 Å². The van der Waals surface area contributed by atoms with Crippen molar-refractivity contribution in [2.75, 3.05) is 32.6 Å². The van der Waals surface area contributed by atoms with Crippen LogP contribution in [0.15, 0.2) is 42.5 Å². The minimum Gasteiger partial charge on any atom is -0.497 e. The number of benzene rings is 2. The quantitative estimate of drug-likeness (QED) is 0.729. The Balaban J connectivity index is 1.78. The number of carbonyl (C=O) groups excluding carboxylic acids is 2. The second-order valence-electron chi connectivity index (χ2n) is 7.75. The highest BCUT2D eigenvalue weighted by molar-refractivity contribution is 5.94. The first kappa shape index (κ1) is 22.5. The van der Waals surface area contributed by atoms with Gasteiger partial charge < -0.3 is 25.0 Å². The first-order chi connectivity index (χ1) is 15.0. The second-order valence-corrected chi connectivity index (χ2v) is 7.75. The highest BCUT2D eigenvalue weighted by Crippen LogP contribution is 2.35. The maximum absolute atomic E-state index is 13.1. The number of hydrogen-bond donors (Lipinski definition) is 2. The van der Waals surface area contributed by atoms with Gasteiger partial charge in [-0.1, -0.05) is 29.8 Å². The molecule has 3 amide bonds. The summed E-state index contributed by atoms with van der Waals surface area (Å²) in [5, 5.41) is 5.85. The summed E-state index contributed by atoms with van der Waals surface area (Å²) < 4.78 is 10.6. The molecule has 31 heavy (non-hydrogen) atoms. The van der Waals surface area contributed by atoms with E-state index < -0.39 is 0 Å². The first-order valence-corrected chi connectivity index (χ1v) is 10.6. The summed E-state index contributed by atoms with van der Waals surface area (Å²) in [4.78, 5) is 27.7. The van der Waals surface area contributed by atoms with Gasteiger partial charge in [0.15, 0.2) is 0 Å². The van der Waals surface area contributed by atoms with Crippen LogP contribution >= 0.6 is 0 Å². The normalized spacial score (nSPS) is 18.3. The van der Waals surface area contributed by atoms with Gasteiger partial charge in [0.1, 0.15) is 11.5 Å². The van der Waals surface area contributed by atoms with Gasteiger partial charge in [-0.3, -0.25) is 4.79 Å². The van der Waals surface area contributed by atoms with E-state index >= 15 is 0 Å². The summed E-state index contributed by atoms with van der Waals surface area (Å²) in [6, 6.07) is 13.3. The molecule has 1 heterocycles. The van der Waals surface area contributed by atoms with Gasteiger partial charge in [-0.05, 0) is 44.4 Å². The summed E-state index contributed by atoms with van der Waals surface area (Å²) >= 11 is 0. The Hall–Kier alpha value is -3.22. The Bertz CT molecular complexity index is 931. The molecule has 0 spiro atoms. The number of piperidine rings is 1. The Morgan fingerprint density at radius 1 is 1.10 bits per heavy atom. The van der Waals surface area contributed by atoms with Crippen molar-refractivity contribution in [2.45, 2.75) is 32.7 Å². The molecule has 1 fully saturated rings. The van der Waals surface area contributed by atoms with Crippen LogP contribution < -0.4 is 20.1 Å². The molecule has 1 aliphatic heterocycles. The molecule has 2 atom stereocenters. The van der Waals surface area contributed by atoms with Crippen molar-refractivity contribution in [1.29, 1.82) is 0 Å². The molecule has 0 aromatic heterocycles. The van der Waals surface area contributed by atoms with Crippen LogP contribution in [0.4, 0.5) is 10.5 Å². The van der Waals surface area contributed by atoms with E-state index in [-0.39, 0.29) is 23.9 Å². The average Bonchev–Trinajstić information content (AvgIpc) is 2.79. The van der Waals surface area contributed by atoms with Gasteiger partial charge in [0.2, 0.25) is 5.91 Å². The number of ether oxygens (including phenoxy) is 2. The van der Waals surface area contributed by atoms with Gasteiger partial charge in [-0.15, -0.1) is 0 Å². The number of aryl methyl sites for hydroxylation is 1. The van der Waals surface area contributed by atoms with E-state index in [4.69, 9.17) is 9.47 Å². The molecule has 7 nitrogen and oxygen atoms in total. The molecule has 7 heteroatoms. The minimum atomic E-state index is -0.310. The molecule has 2 aromatic rings. The zero-order chi connectivity index (χ0) is 22.4. The number of carbonyl (C=O) groups is 2. The second kappa shape index (κ2) is 10.2. The van der Waals surface area contributed by atoms with Crippen molar-refractivity contribution < 1.29 is 19.1 Å². The number of hydrogen-bond acceptors (Lipinski definition) is 4. The van der Waals surface area contributed by atoms with Crippen LogP contribution in [-0.2, 0) is 4.79 Å². The zero-order valence-corrected chi connectivity index (χ0v) is 18.6. The number of nitrogens with one attached hydrogen (secondary N) is 2. The summed E-state index contributed by atoms with van der Waals surface area (Å²) in [6.45, 7) is 4.83. The third-order valence-corrected chi connectivity index (χ3v) is 5.63. The molecule has 2 aromatic carbocycles. The molecular weight excluding hydrogens is 394 g/mol. The zero-order valence-electron chi connectivity index (χ0n) is 18.6. The molecule has 166 valence electrons. The number of amides is 3. The predicted molar refractivity (Wildman–Crippen MR) is 121 cm³/mol. The number of anilines is 1. The Morgan fingerprint density at radius 3 is 2.58 bits per heavy atom. The number of likely N-dealkylation sites (tertiary alicyclic amines) is 1. The summed E-state index contributed by atoms with van der Waals surface area (Å²) in [7, 11) is 3.13. The molecular formula is C24H31N3O4. The van der Waals surface area contributed by atoms with Crippen molar-refractivity contribution in [3.8, 4) is 11.5 Å². The van der Waals surface area contributed by atoms with Crippen LogP contribution in [0, 0.1) is 12.8 Å². The molecule has 2 unspecified atom stereocenters. The SMILES string of the molecule is CCNC(=O)N1CC(C(=O)Nc2ccc(OC)cc2OC)CCC1c1cccc(C)c1. The summed E-state index contributed by atoms with van der Waals surface area (Å²) in [6.07, 6.45) is 1.41. The maximum Gasteiger partial charge on any atom is 0.317 e. The van der Waals surface area contributed by atoms with Gasteiger partial charge in [0.05, 0.1) is 31.9 Å². The van der Waals surface area contributed by atoms with E-state index in [0.29, 0.717) is 36.7 Å². The maximum atomic E-state index is 13.1. The van der Waals surface area contributed by atoms with Gasteiger partial charge in [-0.25, -0.2) is 4.79 Å². The Labute approximate surface area is 183 Å². The topological polar surface area (TPSA) is 79.9 Å². The lowest BCUT2D eigenvalue weighted by atomic mass is 9.88. The molecule has 0 aliphatic carbocycles. The fourth-order valence-corrected chi connectivity index (χ4v) is 4.02. The molecule has 2 N–H and O–H groups in total. The largest absolute Gasteiger partial charge is 0.497 e. The third kappa shape index (κ3) is 5.29. The van der Waals surface area contributed by atoms with Crippen LogP contribution in [0.1, 0.15) is 36.9 Å². The van der Waals surface area contributed by atoms with E-state index in [1.165, 1.54) is 0 Å². The van der Waals surface area contributed by atoms with Crippen LogP contribution in [0.2, 0.25) is 0 Å².